The first-order chi connectivity index (χ1) is 10.1. The first-order valence-corrected chi connectivity index (χ1v) is 8.02. The van der Waals surface area contributed by atoms with Crippen LogP contribution in [0.2, 0.25) is 5.02 Å². The van der Waals surface area contributed by atoms with Gasteiger partial charge in [0.2, 0.25) is 0 Å². The predicted octanol–water partition coefficient (Wildman–Crippen LogP) is 5.29. The van der Waals surface area contributed by atoms with Gasteiger partial charge in [-0.05, 0) is 43.1 Å². The molecule has 0 radical (unpaired) electrons. The fourth-order valence-electron chi connectivity index (χ4n) is 2.51. The van der Waals surface area contributed by atoms with Crippen LogP contribution < -0.4 is 5.32 Å². The van der Waals surface area contributed by atoms with Gasteiger partial charge in [-0.2, -0.15) is 0 Å². The average Bonchev–Trinajstić information content (AvgIpc) is 3.02. The summed E-state index contributed by atoms with van der Waals surface area (Å²) in [6.45, 7) is 4.77. The van der Waals surface area contributed by atoms with E-state index in [0.29, 0.717) is 5.58 Å². The Morgan fingerprint density at radius 3 is 2.86 bits per heavy atom. The molecule has 0 aliphatic heterocycles. The summed E-state index contributed by atoms with van der Waals surface area (Å²) in [5.74, 6) is 0.536. The van der Waals surface area contributed by atoms with E-state index in [2.05, 4.69) is 5.32 Å². The molecule has 3 rings (SSSR count). The number of hydrogen-bond donors (Lipinski definition) is 1. The highest BCUT2D eigenvalue weighted by Crippen LogP contribution is 2.37. The Morgan fingerprint density at radius 2 is 2.19 bits per heavy atom. The maximum Gasteiger partial charge on any atom is 0.134 e. The molecule has 2 heterocycles. The average molecular weight is 324 g/mol. The quantitative estimate of drug-likeness (QED) is 0.705. The zero-order chi connectivity index (χ0) is 15.0. The van der Waals surface area contributed by atoms with Gasteiger partial charge in [-0.15, -0.1) is 11.3 Å². The molecule has 3 aromatic rings. The number of nitrogens with one attached hydrogen (secondary N) is 1. The van der Waals surface area contributed by atoms with Crippen LogP contribution in [0.1, 0.15) is 29.2 Å². The van der Waals surface area contributed by atoms with Crippen LogP contribution in [0, 0.1) is 12.7 Å². The molecule has 0 aliphatic rings. The lowest BCUT2D eigenvalue weighted by Gasteiger charge is -2.15. The smallest absolute Gasteiger partial charge is 0.134 e. The molecule has 0 aliphatic carbocycles. The number of benzene rings is 1. The molecule has 5 heteroatoms. The highest BCUT2D eigenvalue weighted by Gasteiger charge is 2.24. The van der Waals surface area contributed by atoms with E-state index in [1.54, 1.807) is 17.4 Å². The van der Waals surface area contributed by atoms with Crippen molar-refractivity contribution in [2.75, 3.05) is 6.54 Å². The summed E-state index contributed by atoms with van der Waals surface area (Å²) in [6, 6.07) is 6.36. The van der Waals surface area contributed by atoms with Crippen molar-refractivity contribution in [3.05, 3.63) is 56.7 Å². The third kappa shape index (κ3) is 2.59. The largest absolute Gasteiger partial charge is 0.459 e. The van der Waals surface area contributed by atoms with Gasteiger partial charge < -0.3 is 9.73 Å². The molecule has 110 valence electrons. The van der Waals surface area contributed by atoms with Gasteiger partial charge in [0.05, 0.1) is 5.02 Å². The van der Waals surface area contributed by atoms with E-state index < -0.39 is 0 Å². The van der Waals surface area contributed by atoms with Crippen LogP contribution >= 0.6 is 22.9 Å². The molecule has 0 fully saturated rings. The van der Waals surface area contributed by atoms with E-state index in [9.17, 15) is 4.39 Å². The van der Waals surface area contributed by atoms with E-state index in [1.807, 2.05) is 25.3 Å². The van der Waals surface area contributed by atoms with Gasteiger partial charge in [-0.1, -0.05) is 18.5 Å². The second-order valence-electron chi connectivity index (χ2n) is 4.86. The van der Waals surface area contributed by atoms with Crippen LogP contribution in [0.4, 0.5) is 4.39 Å². The zero-order valence-corrected chi connectivity index (χ0v) is 13.3. The minimum absolute atomic E-state index is 0.113. The van der Waals surface area contributed by atoms with Crippen molar-refractivity contribution in [2.45, 2.75) is 19.9 Å². The number of thiophene rings is 1. The summed E-state index contributed by atoms with van der Waals surface area (Å²) in [5, 5.41) is 6.88. The van der Waals surface area contributed by atoms with E-state index in [4.69, 9.17) is 16.0 Å². The van der Waals surface area contributed by atoms with Crippen molar-refractivity contribution < 1.29 is 8.81 Å². The number of halogens is 2. The third-order valence-corrected chi connectivity index (χ3v) is 4.94. The summed E-state index contributed by atoms with van der Waals surface area (Å²) in [4.78, 5) is 1.01. The molecule has 0 saturated heterocycles. The number of hydrogen-bond acceptors (Lipinski definition) is 3. The number of fused-ring (bicyclic) bond motifs is 1. The molecule has 2 nitrogen and oxygen atoms in total. The predicted molar refractivity (Wildman–Crippen MR) is 85.8 cm³/mol. The molecule has 1 unspecified atom stereocenters. The lowest BCUT2D eigenvalue weighted by atomic mass is 10.1. The Hall–Kier alpha value is -1.36. The van der Waals surface area contributed by atoms with Gasteiger partial charge in [0.1, 0.15) is 23.2 Å². The summed E-state index contributed by atoms with van der Waals surface area (Å²) in [5.41, 5.74) is 1.64. The fourth-order valence-corrected chi connectivity index (χ4v) is 3.75. The highest BCUT2D eigenvalue weighted by atomic mass is 35.5. The van der Waals surface area contributed by atoms with E-state index in [1.165, 1.54) is 12.1 Å². The molecule has 1 aromatic carbocycles. The summed E-state index contributed by atoms with van der Waals surface area (Å²) in [6.07, 6.45) is 0. The van der Waals surface area contributed by atoms with Crippen LogP contribution in [-0.4, -0.2) is 6.54 Å². The molecule has 0 bridgehead atoms. The molecule has 0 amide bonds. The van der Waals surface area contributed by atoms with Crippen LogP contribution in [-0.2, 0) is 0 Å². The molecule has 1 N–H and O–H groups in total. The van der Waals surface area contributed by atoms with Gasteiger partial charge in [0.25, 0.3) is 0 Å². The second-order valence-corrected chi connectivity index (χ2v) is 6.21. The minimum atomic E-state index is -0.257. The SMILES string of the molecule is CCNC(c1oc2ccc(F)cc2c1C)c1sccc1Cl. The third-order valence-electron chi connectivity index (χ3n) is 3.51. The van der Waals surface area contributed by atoms with E-state index >= 15 is 0 Å². The molecular weight excluding hydrogens is 309 g/mol. The van der Waals surface area contributed by atoms with Gasteiger partial charge >= 0.3 is 0 Å². The second kappa shape index (κ2) is 5.79. The lowest BCUT2D eigenvalue weighted by Crippen LogP contribution is -2.21. The van der Waals surface area contributed by atoms with Crippen LogP contribution in [0.5, 0.6) is 0 Å². The fraction of sp³-hybridized carbons (Fsp3) is 0.250. The molecular formula is C16H15ClFNOS. The van der Waals surface area contributed by atoms with Gasteiger partial charge in [-0.25, -0.2) is 4.39 Å². The molecule has 21 heavy (non-hydrogen) atoms. The number of aryl methyl sites for hydroxylation is 1. The van der Waals surface area contributed by atoms with Gasteiger partial charge in [-0.3, -0.25) is 0 Å². The first kappa shape index (κ1) is 14.6. The topological polar surface area (TPSA) is 25.2 Å². The number of rotatable bonds is 4. The monoisotopic (exact) mass is 323 g/mol. The summed E-state index contributed by atoms with van der Waals surface area (Å²) >= 11 is 7.85. The van der Waals surface area contributed by atoms with Crippen molar-refractivity contribution in [1.29, 1.82) is 0 Å². The molecule has 1 atom stereocenters. The Labute approximate surface area is 131 Å². The van der Waals surface area contributed by atoms with Crippen molar-refractivity contribution in [3.8, 4) is 0 Å². The molecule has 0 saturated carbocycles. The standard InChI is InChI=1S/C16H15ClFNOS/c1-3-19-14(16-12(17)6-7-21-16)15-9(2)11-8-10(18)4-5-13(11)20-15/h4-8,14,19H,3H2,1-2H3. The minimum Gasteiger partial charge on any atom is -0.459 e. The van der Waals surface area contributed by atoms with Gasteiger partial charge in [0.15, 0.2) is 0 Å². The van der Waals surface area contributed by atoms with Crippen molar-refractivity contribution in [3.63, 3.8) is 0 Å². The van der Waals surface area contributed by atoms with Crippen LogP contribution in [0.25, 0.3) is 11.0 Å². The Kier molecular flexibility index (Phi) is 4.02. The lowest BCUT2D eigenvalue weighted by molar-refractivity contribution is 0.477. The van der Waals surface area contributed by atoms with Crippen LogP contribution in [0.15, 0.2) is 34.1 Å². The van der Waals surface area contributed by atoms with Crippen molar-refractivity contribution >= 4 is 33.9 Å². The first-order valence-electron chi connectivity index (χ1n) is 6.76. The Morgan fingerprint density at radius 1 is 1.38 bits per heavy atom. The maximum atomic E-state index is 13.4. The Balaban J connectivity index is 2.16. The van der Waals surface area contributed by atoms with Crippen LogP contribution in [0.3, 0.4) is 0 Å². The normalized spacial score (nSPS) is 13.0. The van der Waals surface area contributed by atoms with Gasteiger partial charge in [0, 0.05) is 15.8 Å². The summed E-state index contributed by atoms with van der Waals surface area (Å²) in [7, 11) is 0. The maximum absolute atomic E-state index is 13.4. The van der Waals surface area contributed by atoms with Crippen molar-refractivity contribution in [2.24, 2.45) is 0 Å². The van der Waals surface area contributed by atoms with E-state index in [-0.39, 0.29) is 11.9 Å². The summed E-state index contributed by atoms with van der Waals surface area (Å²) < 4.78 is 19.4. The Bertz CT molecular complexity index is 780. The molecule has 0 spiro atoms. The highest BCUT2D eigenvalue weighted by molar-refractivity contribution is 7.10. The van der Waals surface area contributed by atoms with E-state index in [0.717, 1.165) is 33.2 Å². The zero-order valence-electron chi connectivity index (χ0n) is 11.7. The molecule has 2 aromatic heterocycles. The van der Waals surface area contributed by atoms with Crippen molar-refractivity contribution in [1.82, 2.24) is 5.32 Å². The number of furan rings is 1.